The molecule has 4 aromatic rings. The summed E-state index contributed by atoms with van der Waals surface area (Å²) in [6.45, 7) is 2.31. The van der Waals surface area contributed by atoms with Gasteiger partial charge in [-0.05, 0) is 66.1 Å². The van der Waals surface area contributed by atoms with Gasteiger partial charge in [-0.2, -0.15) is 0 Å². The van der Waals surface area contributed by atoms with E-state index >= 15 is 0 Å². The first-order valence-electron chi connectivity index (χ1n) is 13.4. The summed E-state index contributed by atoms with van der Waals surface area (Å²) in [7, 11) is -2.21. The molecule has 0 aliphatic heterocycles. The number of aryl methyl sites for hydroxylation is 2. The number of carbonyl (C=O) groups excluding carboxylic acids is 1. The Hall–Kier alpha value is -3.82. The zero-order valence-electron chi connectivity index (χ0n) is 22.6. The molecule has 0 bridgehead atoms. The minimum absolute atomic E-state index is 0.00975. The Morgan fingerprint density at radius 3 is 2.60 bits per heavy atom. The van der Waals surface area contributed by atoms with Gasteiger partial charge in [0.1, 0.15) is 16.5 Å². The van der Waals surface area contributed by atoms with Gasteiger partial charge in [0.2, 0.25) is 15.9 Å². The summed E-state index contributed by atoms with van der Waals surface area (Å²) < 4.78 is 45.2. The number of halogens is 1. The summed E-state index contributed by atoms with van der Waals surface area (Å²) in [5, 5.41) is 0. The van der Waals surface area contributed by atoms with E-state index < -0.39 is 21.9 Å². The van der Waals surface area contributed by atoms with Crippen molar-refractivity contribution in [2.45, 2.75) is 56.0 Å². The molecule has 0 saturated carbocycles. The van der Waals surface area contributed by atoms with Gasteiger partial charge >= 0.3 is 0 Å². The van der Waals surface area contributed by atoms with Crippen LogP contribution in [0.15, 0.2) is 90.1 Å². The molecule has 0 fully saturated rings. The van der Waals surface area contributed by atoms with Gasteiger partial charge in [-0.25, -0.2) is 22.5 Å². The fraction of sp³-hybridized carbons (Fsp3) is 0.290. The fourth-order valence-electron chi connectivity index (χ4n) is 5.28. The van der Waals surface area contributed by atoms with E-state index in [0.29, 0.717) is 18.5 Å². The van der Waals surface area contributed by atoms with E-state index in [1.165, 1.54) is 18.2 Å². The van der Waals surface area contributed by atoms with E-state index in [0.717, 1.165) is 41.4 Å². The summed E-state index contributed by atoms with van der Waals surface area (Å²) in [6.07, 6.45) is 6.00. The average Bonchev–Trinajstić information content (AvgIpc) is 3.36. The molecule has 3 aromatic carbocycles. The number of amides is 1. The monoisotopic (exact) mass is 560 g/mol. The van der Waals surface area contributed by atoms with E-state index in [9.17, 15) is 17.6 Å². The molecule has 1 aliphatic carbocycles. The van der Waals surface area contributed by atoms with Crippen molar-refractivity contribution in [1.82, 2.24) is 14.3 Å². The number of carbonyl (C=O) groups is 1. The van der Waals surface area contributed by atoms with Crippen LogP contribution in [0.1, 0.15) is 60.7 Å². The molecule has 0 unspecified atom stereocenters. The minimum atomic E-state index is -4.09. The topological polar surface area (TPSA) is 84.3 Å². The number of fused-ring (bicyclic) bond motifs is 1. The number of nitrogens with zero attached hydrogens (tertiary/aromatic N) is 3. The summed E-state index contributed by atoms with van der Waals surface area (Å²) in [5.74, 6) is -0.108. The Kier molecular flexibility index (Phi) is 8.14. The summed E-state index contributed by atoms with van der Waals surface area (Å²) in [6, 6.07) is 20.5. The van der Waals surface area contributed by atoms with E-state index in [1.807, 2.05) is 73.3 Å². The third-order valence-corrected chi connectivity index (χ3v) is 9.05. The number of nitrogens with one attached hydrogen (secondary N) is 1. The smallest absolute Gasteiger partial charge is 0.244 e. The largest absolute Gasteiger partial charge is 0.337 e. The van der Waals surface area contributed by atoms with Crippen molar-refractivity contribution in [2.24, 2.45) is 7.05 Å². The second kappa shape index (κ2) is 11.7. The maximum Gasteiger partial charge on any atom is 0.244 e. The number of hydrogen-bond donors (Lipinski definition) is 1. The number of rotatable bonds is 9. The van der Waals surface area contributed by atoms with Gasteiger partial charge in [0.05, 0.1) is 6.54 Å². The first-order valence-corrected chi connectivity index (χ1v) is 14.9. The van der Waals surface area contributed by atoms with Crippen molar-refractivity contribution in [3.63, 3.8) is 0 Å². The summed E-state index contributed by atoms with van der Waals surface area (Å²) in [4.78, 5) is 19.6. The summed E-state index contributed by atoms with van der Waals surface area (Å²) in [5.41, 5.74) is 3.57. The predicted molar refractivity (Wildman–Crippen MR) is 153 cm³/mol. The lowest BCUT2D eigenvalue weighted by Crippen LogP contribution is -2.34. The molecule has 7 nitrogen and oxygen atoms in total. The lowest BCUT2D eigenvalue weighted by atomic mass is 9.87. The SMILES string of the molecule is C[C@H](CC(=O)N(Cc1nccn1C)c1ccc2c(c1)[C@H](NS(=O)(=O)c1ccccc1F)CCC2)c1ccccc1. The van der Waals surface area contributed by atoms with Crippen molar-refractivity contribution in [3.05, 3.63) is 114 Å². The van der Waals surface area contributed by atoms with Crippen molar-refractivity contribution >= 4 is 21.6 Å². The molecular weight excluding hydrogens is 527 g/mol. The van der Waals surface area contributed by atoms with Crippen LogP contribution >= 0.6 is 0 Å². The van der Waals surface area contributed by atoms with Gasteiger partial charge in [0, 0.05) is 37.6 Å². The van der Waals surface area contributed by atoms with E-state index in [1.54, 1.807) is 11.1 Å². The number of hydrogen-bond acceptors (Lipinski definition) is 4. The summed E-state index contributed by atoms with van der Waals surface area (Å²) >= 11 is 0. The molecular formula is C31H33FN4O3S. The second-order valence-electron chi connectivity index (χ2n) is 10.3. The van der Waals surface area contributed by atoms with Crippen LogP contribution < -0.4 is 9.62 Å². The molecule has 208 valence electrons. The molecule has 0 saturated heterocycles. The standard InChI is InChI=1S/C31H33FN4O3S/c1-22(23-9-4-3-5-10-23)19-31(37)36(21-30-33-17-18-35(30)2)25-16-15-24-11-8-13-28(26(24)20-25)34-40(38,39)29-14-7-6-12-27(29)32/h3-7,9-10,12,14-18,20,22,28,34H,8,11,13,19,21H2,1-2H3/t22-,28-/m1/s1. The van der Waals surface area contributed by atoms with Crippen LogP contribution in [0.5, 0.6) is 0 Å². The Morgan fingerprint density at radius 2 is 1.88 bits per heavy atom. The normalized spacial score (nSPS) is 15.8. The number of imidazole rings is 1. The van der Waals surface area contributed by atoms with Crippen LogP contribution in [0.4, 0.5) is 10.1 Å². The first kappa shape index (κ1) is 27.7. The highest BCUT2D eigenvalue weighted by Gasteiger charge is 2.29. The van der Waals surface area contributed by atoms with Crippen LogP contribution in [0.3, 0.4) is 0 Å². The van der Waals surface area contributed by atoms with E-state index in [-0.39, 0.29) is 23.3 Å². The van der Waals surface area contributed by atoms with Crippen LogP contribution in [0.25, 0.3) is 0 Å². The van der Waals surface area contributed by atoms with Crippen molar-refractivity contribution in [2.75, 3.05) is 4.90 Å². The number of sulfonamides is 1. The molecule has 2 atom stereocenters. The van der Waals surface area contributed by atoms with E-state index in [4.69, 9.17) is 0 Å². The molecule has 1 aromatic heterocycles. The molecule has 1 heterocycles. The van der Waals surface area contributed by atoms with Gasteiger partial charge < -0.3 is 9.47 Å². The van der Waals surface area contributed by atoms with Crippen LogP contribution in [-0.2, 0) is 34.8 Å². The molecule has 5 rings (SSSR count). The maximum atomic E-state index is 14.4. The lowest BCUT2D eigenvalue weighted by molar-refractivity contribution is -0.119. The lowest BCUT2D eigenvalue weighted by Gasteiger charge is -2.30. The minimum Gasteiger partial charge on any atom is -0.337 e. The Bertz CT molecular complexity index is 1600. The highest BCUT2D eigenvalue weighted by molar-refractivity contribution is 7.89. The Labute approximate surface area is 234 Å². The van der Waals surface area contributed by atoms with Crippen molar-refractivity contribution < 1.29 is 17.6 Å². The predicted octanol–water partition coefficient (Wildman–Crippen LogP) is 5.64. The van der Waals surface area contributed by atoms with Gasteiger partial charge in [0.25, 0.3) is 0 Å². The van der Waals surface area contributed by atoms with Crippen LogP contribution in [0.2, 0.25) is 0 Å². The third kappa shape index (κ3) is 6.00. The van der Waals surface area contributed by atoms with Crippen LogP contribution in [-0.4, -0.2) is 23.9 Å². The highest BCUT2D eigenvalue weighted by Crippen LogP contribution is 2.35. The molecule has 0 radical (unpaired) electrons. The van der Waals surface area contributed by atoms with Gasteiger partial charge in [-0.1, -0.05) is 55.5 Å². The van der Waals surface area contributed by atoms with Gasteiger partial charge in [0.15, 0.2) is 0 Å². The third-order valence-electron chi connectivity index (χ3n) is 7.55. The van der Waals surface area contributed by atoms with Gasteiger partial charge in [-0.3, -0.25) is 4.79 Å². The highest BCUT2D eigenvalue weighted by atomic mass is 32.2. The number of benzene rings is 3. The van der Waals surface area contributed by atoms with Crippen LogP contribution in [0, 0.1) is 5.82 Å². The zero-order chi connectivity index (χ0) is 28.3. The molecule has 1 aliphatic rings. The second-order valence-corrected chi connectivity index (χ2v) is 12.0. The average molecular weight is 561 g/mol. The fourth-order valence-corrected chi connectivity index (χ4v) is 6.60. The molecule has 1 N–H and O–H groups in total. The van der Waals surface area contributed by atoms with Gasteiger partial charge in [-0.15, -0.1) is 0 Å². The molecule has 40 heavy (non-hydrogen) atoms. The van der Waals surface area contributed by atoms with E-state index in [2.05, 4.69) is 9.71 Å². The maximum absolute atomic E-state index is 14.4. The number of aromatic nitrogens is 2. The van der Waals surface area contributed by atoms with Crippen molar-refractivity contribution in [3.8, 4) is 0 Å². The quantitative estimate of drug-likeness (QED) is 0.287. The number of anilines is 1. The Balaban J connectivity index is 1.47. The first-order chi connectivity index (χ1) is 19.2. The molecule has 0 spiro atoms. The zero-order valence-corrected chi connectivity index (χ0v) is 23.4. The Morgan fingerprint density at radius 1 is 1.12 bits per heavy atom. The molecule has 9 heteroatoms. The molecule has 1 amide bonds. The van der Waals surface area contributed by atoms with Crippen molar-refractivity contribution in [1.29, 1.82) is 0 Å².